The molecule has 0 aliphatic rings. The Labute approximate surface area is 80.7 Å². The second kappa shape index (κ2) is 3.92. The molecule has 3 nitrogen and oxygen atoms in total. The number of halogens is 1. The summed E-state index contributed by atoms with van der Waals surface area (Å²) in [6.07, 6.45) is 0. The van der Waals surface area contributed by atoms with Gasteiger partial charge >= 0.3 is 0 Å². The van der Waals surface area contributed by atoms with E-state index in [9.17, 15) is 4.79 Å². The van der Waals surface area contributed by atoms with Crippen molar-refractivity contribution in [3.8, 4) is 6.07 Å². The van der Waals surface area contributed by atoms with E-state index in [4.69, 9.17) is 22.6 Å². The number of amides is 1. The Morgan fingerprint density at radius 2 is 2.00 bits per heavy atom. The number of hydrogen-bond acceptors (Lipinski definition) is 2. The molecular weight excluding hydrogens is 188 g/mol. The Hall–Kier alpha value is -1.53. The van der Waals surface area contributed by atoms with Crippen LogP contribution in [-0.4, -0.2) is 5.91 Å². The first kappa shape index (κ1) is 9.56. The third kappa shape index (κ3) is 2.20. The minimum atomic E-state index is -0.826. The Morgan fingerprint density at radius 1 is 1.46 bits per heavy atom. The van der Waals surface area contributed by atoms with Gasteiger partial charge in [-0.25, -0.2) is 0 Å². The monoisotopic (exact) mass is 194 g/mol. The lowest BCUT2D eigenvalue weighted by molar-refractivity contribution is -0.117. The normalized spacial score (nSPS) is 11.7. The average molecular weight is 195 g/mol. The van der Waals surface area contributed by atoms with E-state index in [1.54, 1.807) is 24.3 Å². The van der Waals surface area contributed by atoms with Crippen LogP contribution in [0.1, 0.15) is 16.5 Å². The van der Waals surface area contributed by atoms with Crippen molar-refractivity contribution in [2.75, 3.05) is 0 Å². The fraction of sp³-hybridized carbons (Fsp3) is 0.111. The van der Waals surface area contributed by atoms with Crippen molar-refractivity contribution >= 4 is 17.5 Å². The maximum atomic E-state index is 10.7. The number of nitrogens with two attached hydrogens (primary N) is 1. The van der Waals surface area contributed by atoms with E-state index >= 15 is 0 Å². The lowest BCUT2D eigenvalue weighted by atomic mass is 10.1. The zero-order chi connectivity index (χ0) is 9.84. The van der Waals surface area contributed by atoms with Crippen molar-refractivity contribution in [3.05, 3.63) is 35.4 Å². The van der Waals surface area contributed by atoms with Crippen molar-refractivity contribution in [3.63, 3.8) is 0 Å². The van der Waals surface area contributed by atoms with Gasteiger partial charge in [0, 0.05) is 0 Å². The molecule has 0 bridgehead atoms. The minimum absolute atomic E-state index is 0.525. The van der Waals surface area contributed by atoms with Crippen LogP contribution in [0.4, 0.5) is 0 Å². The van der Waals surface area contributed by atoms with Crippen LogP contribution in [-0.2, 0) is 4.79 Å². The van der Waals surface area contributed by atoms with Gasteiger partial charge < -0.3 is 5.73 Å². The Bertz CT molecular complexity index is 353. The summed E-state index contributed by atoms with van der Waals surface area (Å²) >= 11 is 5.68. The van der Waals surface area contributed by atoms with Crippen molar-refractivity contribution in [1.29, 1.82) is 5.26 Å². The molecule has 0 aliphatic carbocycles. The quantitative estimate of drug-likeness (QED) is 0.722. The van der Waals surface area contributed by atoms with Gasteiger partial charge in [-0.1, -0.05) is 12.1 Å². The van der Waals surface area contributed by atoms with Gasteiger partial charge in [0.1, 0.15) is 5.38 Å². The lowest BCUT2D eigenvalue weighted by Crippen LogP contribution is -2.16. The summed E-state index contributed by atoms with van der Waals surface area (Å²) in [5, 5.41) is 7.68. The van der Waals surface area contributed by atoms with Gasteiger partial charge in [0.05, 0.1) is 11.6 Å². The number of carbonyl (C=O) groups excluding carboxylic acids is 1. The highest BCUT2D eigenvalue weighted by Crippen LogP contribution is 2.19. The summed E-state index contributed by atoms with van der Waals surface area (Å²) in [4.78, 5) is 10.7. The van der Waals surface area contributed by atoms with E-state index in [0.29, 0.717) is 11.1 Å². The molecule has 0 saturated heterocycles. The summed E-state index contributed by atoms with van der Waals surface area (Å²) in [5.74, 6) is -0.591. The van der Waals surface area contributed by atoms with Crippen molar-refractivity contribution in [2.45, 2.75) is 5.38 Å². The molecule has 4 heteroatoms. The molecule has 1 atom stereocenters. The van der Waals surface area contributed by atoms with Gasteiger partial charge in [-0.15, -0.1) is 11.6 Å². The summed E-state index contributed by atoms with van der Waals surface area (Å²) in [6, 6.07) is 8.37. The van der Waals surface area contributed by atoms with Crippen molar-refractivity contribution < 1.29 is 4.79 Å². The zero-order valence-corrected chi connectivity index (χ0v) is 7.45. The number of alkyl halides is 1. The van der Waals surface area contributed by atoms with Crippen LogP contribution in [0, 0.1) is 11.3 Å². The fourth-order valence-electron chi connectivity index (χ4n) is 0.891. The van der Waals surface area contributed by atoms with Crippen LogP contribution in [0.15, 0.2) is 24.3 Å². The largest absolute Gasteiger partial charge is 0.368 e. The van der Waals surface area contributed by atoms with E-state index < -0.39 is 11.3 Å². The molecule has 66 valence electrons. The molecule has 0 aromatic heterocycles. The third-order valence-corrected chi connectivity index (χ3v) is 2.05. The fourth-order valence-corrected chi connectivity index (χ4v) is 1.04. The maximum Gasteiger partial charge on any atom is 0.240 e. The Kier molecular flexibility index (Phi) is 2.88. The molecule has 0 spiro atoms. The summed E-state index contributed by atoms with van der Waals surface area (Å²) in [5.41, 5.74) is 6.13. The summed E-state index contributed by atoms with van der Waals surface area (Å²) in [7, 11) is 0. The summed E-state index contributed by atoms with van der Waals surface area (Å²) in [6.45, 7) is 0. The number of hydrogen-bond donors (Lipinski definition) is 1. The maximum absolute atomic E-state index is 10.7. The first-order chi connectivity index (χ1) is 6.15. The van der Waals surface area contributed by atoms with Crippen LogP contribution < -0.4 is 5.73 Å². The zero-order valence-electron chi connectivity index (χ0n) is 6.70. The lowest BCUT2D eigenvalue weighted by Gasteiger charge is -2.04. The number of benzene rings is 1. The van der Waals surface area contributed by atoms with Crippen LogP contribution >= 0.6 is 11.6 Å². The molecular formula is C9H7ClN2O. The number of rotatable bonds is 2. The highest BCUT2D eigenvalue weighted by Gasteiger charge is 2.13. The number of primary amides is 1. The third-order valence-electron chi connectivity index (χ3n) is 1.58. The van der Waals surface area contributed by atoms with Gasteiger partial charge in [0.2, 0.25) is 5.91 Å². The Balaban J connectivity index is 2.93. The molecule has 0 fully saturated rings. The standard InChI is InChI=1S/C9H7ClN2O/c10-8(9(12)13)7-3-1-6(5-11)2-4-7/h1-4,8H,(H2,12,13). The molecule has 0 heterocycles. The number of carbonyl (C=O) groups is 1. The molecule has 0 radical (unpaired) electrons. The van der Waals surface area contributed by atoms with Crippen LogP contribution in [0.2, 0.25) is 0 Å². The molecule has 0 aliphatic heterocycles. The summed E-state index contributed by atoms with van der Waals surface area (Å²) < 4.78 is 0. The van der Waals surface area contributed by atoms with Gasteiger partial charge in [0.25, 0.3) is 0 Å². The van der Waals surface area contributed by atoms with E-state index in [0.717, 1.165) is 0 Å². The number of nitriles is 1. The molecule has 1 aromatic rings. The highest BCUT2D eigenvalue weighted by atomic mass is 35.5. The predicted octanol–water partition coefficient (Wildman–Crippen LogP) is 1.32. The molecule has 0 saturated carbocycles. The topological polar surface area (TPSA) is 66.9 Å². The predicted molar refractivity (Wildman–Crippen MR) is 48.9 cm³/mol. The molecule has 1 aromatic carbocycles. The average Bonchev–Trinajstić information content (AvgIpc) is 2.17. The van der Waals surface area contributed by atoms with Gasteiger partial charge in [-0.3, -0.25) is 4.79 Å². The SMILES string of the molecule is N#Cc1ccc(C(Cl)C(N)=O)cc1. The highest BCUT2D eigenvalue weighted by molar-refractivity contribution is 6.30. The second-order valence-corrected chi connectivity index (χ2v) is 2.94. The first-order valence-corrected chi connectivity index (χ1v) is 4.02. The van der Waals surface area contributed by atoms with Gasteiger partial charge in [-0.05, 0) is 17.7 Å². The van der Waals surface area contributed by atoms with Crippen molar-refractivity contribution in [2.24, 2.45) is 5.73 Å². The second-order valence-electron chi connectivity index (χ2n) is 2.50. The van der Waals surface area contributed by atoms with Gasteiger partial charge in [-0.2, -0.15) is 5.26 Å². The van der Waals surface area contributed by atoms with Crippen LogP contribution in [0.5, 0.6) is 0 Å². The molecule has 1 unspecified atom stereocenters. The van der Waals surface area contributed by atoms with E-state index in [-0.39, 0.29) is 0 Å². The number of nitrogens with zero attached hydrogens (tertiary/aromatic N) is 1. The minimum Gasteiger partial charge on any atom is -0.368 e. The molecule has 2 N–H and O–H groups in total. The van der Waals surface area contributed by atoms with Crippen LogP contribution in [0.25, 0.3) is 0 Å². The smallest absolute Gasteiger partial charge is 0.240 e. The molecule has 13 heavy (non-hydrogen) atoms. The van der Waals surface area contributed by atoms with Crippen molar-refractivity contribution in [1.82, 2.24) is 0 Å². The van der Waals surface area contributed by atoms with Crippen LogP contribution in [0.3, 0.4) is 0 Å². The van der Waals surface area contributed by atoms with E-state index in [2.05, 4.69) is 0 Å². The van der Waals surface area contributed by atoms with E-state index in [1.807, 2.05) is 6.07 Å². The van der Waals surface area contributed by atoms with E-state index in [1.165, 1.54) is 0 Å². The molecule has 1 amide bonds. The molecule has 1 rings (SSSR count). The first-order valence-electron chi connectivity index (χ1n) is 3.58. The van der Waals surface area contributed by atoms with Gasteiger partial charge in [0.15, 0.2) is 0 Å². The Morgan fingerprint density at radius 3 is 2.38 bits per heavy atom.